The number of benzene rings is 1. The summed E-state index contributed by atoms with van der Waals surface area (Å²) < 4.78 is 5.96. The summed E-state index contributed by atoms with van der Waals surface area (Å²) in [4.78, 5) is 7.23. The molecule has 0 amide bonds. The van der Waals surface area contributed by atoms with E-state index in [1.165, 1.54) is 0 Å². The summed E-state index contributed by atoms with van der Waals surface area (Å²) in [7, 11) is 2.19. The number of hydrogen-bond acceptors (Lipinski definition) is 7. The van der Waals surface area contributed by atoms with Crippen molar-refractivity contribution in [2.24, 2.45) is 0 Å². The van der Waals surface area contributed by atoms with Gasteiger partial charge in [0.1, 0.15) is 18.5 Å². The third-order valence-electron chi connectivity index (χ3n) is 5.49. The topological polar surface area (TPSA) is 51.2 Å². The maximum atomic E-state index is 10.3. The van der Waals surface area contributed by atoms with Gasteiger partial charge in [0.25, 0.3) is 0 Å². The molecule has 1 aromatic carbocycles. The number of nitrogens with zero attached hydrogens (tertiary/aromatic N) is 3. The molecule has 2 fully saturated rings. The fourth-order valence-electron chi connectivity index (χ4n) is 3.64. The minimum absolute atomic E-state index is 0.349. The number of likely N-dealkylation sites (N-methyl/N-ethyl adjacent to an activating group) is 1. The zero-order valence-corrected chi connectivity index (χ0v) is 18.0. The van der Waals surface area contributed by atoms with E-state index in [1.54, 1.807) is 0 Å². The van der Waals surface area contributed by atoms with E-state index in [1.807, 2.05) is 30.0 Å². The first kappa shape index (κ1) is 21.9. The largest absolute Gasteiger partial charge is 0.491 e. The summed E-state index contributed by atoms with van der Waals surface area (Å²) >= 11 is 1.99. The smallest absolute Gasteiger partial charge is 0.123 e. The van der Waals surface area contributed by atoms with Gasteiger partial charge in [0.15, 0.2) is 0 Å². The third kappa shape index (κ3) is 7.54. The molecule has 0 aliphatic carbocycles. The summed E-state index contributed by atoms with van der Waals surface area (Å²) in [5, 5.41) is 13.9. The molecule has 158 valence electrons. The lowest BCUT2D eigenvalue weighted by Gasteiger charge is -2.32. The first-order valence-corrected chi connectivity index (χ1v) is 11.7. The van der Waals surface area contributed by atoms with Gasteiger partial charge in [0.05, 0.1) is 0 Å². The summed E-state index contributed by atoms with van der Waals surface area (Å²) in [6.45, 7) is 10.7. The van der Waals surface area contributed by atoms with Gasteiger partial charge in [-0.2, -0.15) is 11.8 Å². The molecule has 2 N–H and O–H groups in total. The number of hydrogen-bond donors (Lipinski definition) is 2. The molecular weight excluding hydrogens is 372 g/mol. The van der Waals surface area contributed by atoms with Crippen molar-refractivity contribution >= 4 is 11.8 Å². The van der Waals surface area contributed by atoms with E-state index in [4.69, 9.17) is 4.74 Å². The SMILES string of the molecule is CN1CCN(CCNCc2ccccc2OCC(O)CN2CCSCC2)CC1. The van der Waals surface area contributed by atoms with Crippen molar-refractivity contribution in [1.29, 1.82) is 0 Å². The minimum atomic E-state index is -0.443. The van der Waals surface area contributed by atoms with Crippen molar-refractivity contribution in [1.82, 2.24) is 20.0 Å². The number of aliphatic hydroxyl groups excluding tert-OH is 1. The van der Waals surface area contributed by atoms with Crippen LogP contribution in [0.4, 0.5) is 0 Å². The number of rotatable bonds is 10. The van der Waals surface area contributed by atoms with Crippen LogP contribution >= 0.6 is 11.8 Å². The molecule has 2 aliphatic rings. The monoisotopic (exact) mass is 408 g/mol. The van der Waals surface area contributed by atoms with Gasteiger partial charge in [0, 0.05) is 82.5 Å². The number of β-amino-alcohol motifs (C(OH)–C–C–N with tert-alkyl or cyclic N) is 1. The Balaban J connectivity index is 1.36. The standard InChI is InChI=1S/C21H36N4O2S/c1-23-8-10-24(11-9-23)7-6-22-16-19-4-2-3-5-21(19)27-18-20(26)17-25-12-14-28-15-13-25/h2-5,20,22,26H,6-18H2,1H3. The molecule has 7 heteroatoms. The van der Waals surface area contributed by atoms with Gasteiger partial charge in [-0.15, -0.1) is 0 Å². The van der Waals surface area contributed by atoms with E-state index < -0.39 is 6.10 Å². The maximum absolute atomic E-state index is 10.3. The highest BCUT2D eigenvalue weighted by molar-refractivity contribution is 7.99. The van der Waals surface area contributed by atoms with Crippen molar-refractivity contribution in [2.45, 2.75) is 12.6 Å². The third-order valence-corrected chi connectivity index (χ3v) is 6.44. The lowest BCUT2D eigenvalue weighted by molar-refractivity contribution is 0.0711. The molecule has 0 aromatic heterocycles. The molecule has 6 nitrogen and oxygen atoms in total. The molecule has 1 aromatic rings. The first-order valence-electron chi connectivity index (χ1n) is 10.5. The van der Waals surface area contributed by atoms with E-state index >= 15 is 0 Å². The Bertz CT molecular complexity index is 563. The van der Waals surface area contributed by atoms with Crippen LogP contribution in [-0.4, -0.2) is 110 Å². The quantitative estimate of drug-likeness (QED) is 0.556. The van der Waals surface area contributed by atoms with Gasteiger partial charge in [-0.25, -0.2) is 0 Å². The van der Waals surface area contributed by atoms with Gasteiger partial charge in [-0.05, 0) is 13.1 Å². The van der Waals surface area contributed by atoms with Crippen molar-refractivity contribution < 1.29 is 9.84 Å². The minimum Gasteiger partial charge on any atom is -0.491 e. The molecule has 0 bridgehead atoms. The predicted molar refractivity (Wildman–Crippen MR) is 117 cm³/mol. The average molecular weight is 409 g/mol. The predicted octanol–water partition coefficient (Wildman–Crippen LogP) is 0.812. The highest BCUT2D eigenvalue weighted by Gasteiger charge is 2.16. The summed E-state index contributed by atoms with van der Waals surface area (Å²) in [5.41, 5.74) is 1.16. The number of aliphatic hydroxyl groups is 1. The van der Waals surface area contributed by atoms with Crippen LogP contribution in [0.2, 0.25) is 0 Å². The van der Waals surface area contributed by atoms with E-state index in [0.29, 0.717) is 13.2 Å². The molecule has 0 spiro atoms. The Labute approximate surface area is 174 Å². The highest BCUT2D eigenvalue weighted by atomic mass is 32.2. The number of piperazine rings is 1. The van der Waals surface area contributed by atoms with Gasteiger partial charge in [0.2, 0.25) is 0 Å². The van der Waals surface area contributed by atoms with Gasteiger partial charge in [-0.1, -0.05) is 18.2 Å². The summed E-state index contributed by atoms with van der Waals surface area (Å²) in [5.74, 6) is 3.20. The van der Waals surface area contributed by atoms with Crippen LogP contribution < -0.4 is 10.1 Å². The molecular formula is C21H36N4O2S. The molecule has 28 heavy (non-hydrogen) atoms. The highest BCUT2D eigenvalue weighted by Crippen LogP contribution is 2.18. The van der Waals surface area contributed by atoms with Crippen LogP contribution in [0, 0.1) is 0 Å². The van der Waals surface area contributed by atoms with E-state index in [9.17, 15) is 5.11 Å². The Hall–Kier alpha value is -0.830. The maximum Gasteiger partial charge on any atom is 0.123 e. The molecule has 2 heterocycles. The van der Waals surface area contributed by atoms with Crippen LogP contribution in [0.1, 0.15) is 5.56 Å². The van der Waals surface area contributed by atoms with Gasteiger partial charge < -0.3 is 20.1 Å². The van der Waals surface area contributed by atoms with E-state index in [-0.39, 0.29) is 0 Å². The van der Waals surface area contributed by atoms with E-state index in [0.717, 1.165) is 81.7 Å². The fourth-order valence-corrected chi connectivity index (χ4v) is 4.62. The van der Waals surface area contributed by atoms with Crippen LogP contribution in [0.5, 0.6) is 5.75 Å². The number of nitrogens with one attached hydrogen (secondary N) is 1. The summed E-state index contributed by atoms with van der Waals surface area (Å²) in [6.07, 6.45) is -0.443. The van der Waals surface area contributed by atoms with E-state index in [2.05, 4.69) is 33.1 Å². The zero-order chi connectivity index (χ0) is 19.6. The second kappa shape index (κ2) is 12.0. The Kier molecular flexibility index (Phi) is 9.37. The van der Waals surface area contributed by atoms with Crippen LogP contribution in [0.15, 0.2) is 24.3 Å². The Morgan fingerprint density at radius 1 is 1.07 bits per heavy atom. The summed E-state index contributed by atoms with van der Waals surface area (Å²) in [6, 6.07) is 8.15. The zero-order valence-electron chi connectivity index (χ0n) is 17.2. The number of para-hydroxylation sites is 1. The van der Waals surface area contributed by atoms with Gasteiger partial charge in [-0.3, -0.25) is 9.80 Å². The lowest BCUT2D eigenvalue weighted by Crippen LogP contribution is -2.46. The Morgan fingerprint density at radius 3 is 2.61 bits per heavy atom. The second-order valence-corrected chi connectivity index (χ2v) is 9.03. The Morgan fingerprint density at radius 2 is 1.82 bits per heavy atom. The average Bonchev–Trinajstić information content (AvgIpc) is 2.72. The van der Waals surface area contributed by atoms with Crippen LogP contribution in [-0.2, 0) is 6.54 Å². The number of ether oxygens (including phenoxy) is 1. The second-order valence-electron chi connectivity index (χ2n) is 7.81. The van der Waals surface area contributed by atoms with Crippen molar-refractivity contribution in [3.63, 3.8) is 0 Å². The van der Waals surface area contributed by atoms with Crippen molar-refractivity contribution in [3.8, 4) is 5.75 Å². The normalized spacial score (nSPS) is 20.9. The molecule has 2 saturated heterocycles. The molecule has 0 saturated carbocycles. The van der Waals surface area contributed by atoms with Gasteiger partial charge >= 0.3 is 0 Å². The number of thioether (sulfide) groups is 1. The fraction of sp³-hybridized carbons (Fsp3) is 0.714. The van der Waals surface area contributed by atoms with Crippen molar-refractivity contribution in [3.05, 3.63) is 29.8 Å². The van der Waals surface area contributed by atoms with Crippen molar-refractivity contribution in [2.75, 3.05) is 84.1 Å². The molecule has 2 aliphatic heterocycles. The molecule has 3 rings (SSSR count). The molecule has 1 unspecified atom stereocenters. The van der Waals surface area contributed by atoms with Crippen LogP contribution in [0.3, 0.4) is 0 Å². The molecule has 1 atom stereocenters. The molecule has 0 radical (unpaired) electrons. The van der Waals surface area contributed by atoms with Crippen LogP contribution in [0.25, 0.3) is 0 Å². The first-order chi connectivity index (χ1) is 13.7. The lowest BCUT2D eigenvalue weighted by atomic mass is 10.2.